The van der Waals surface area contributed by atoms with E-state index in [1.54, 1.807) is 0 Å². The first-order valence-corrected chi connectivity index (χ1v) is 7.47. The summed E-state index contributed by atoms with van der Waals surface area (Å²) in [5.41, 5.74) is 0.924. The molecule has 1 aromatic carbocycles. The van der Waals surface area contributed by atoms with Crippen LogP contribution in [0.25, 0.3) is 0 Å². The number of rotatable bonds is 8. The number of aliphatic imine (C=N–C) groups is 1. The number of aromatic amines is 1. The Morgan fingerprint density at radius 3 is 2.84 bits per heavy atom. The average Bonchev–Trinajstić information content (AvgIpc) is 3.07. The molecule has 0 saturated heterocycles. The van der Waals surface area contributed by atoms with Crippen LogP contribution in [0.3, 0.4) is 0 Å². The van der Waals surface area contributed by atoms with E-state index in [4.69, 9.17) is 5.11 Å². The van der Waals surface area contributed by atoms with Crippen molar-refractivity contribution in [1.29, 1.82) is 0 Å². The van der Waals surface area contributed by atoms with E-state index in [-0.39, 0.29) is 30.9 Å². The quantitative estimate of drug-likeness (QED) is 0.346. The van der Waals surface area contributed by atoms with Gasteiger partial charge in [0.25, 0.3) is 0 Å². The summed E-state index contributed by atoms with van der Waals surface area (Å²) < 4.78 is 0. The molecule has 1 heterocycles. The van der Waals surface area contributed by atoms with Gasteiger partial charge in [-0.25, -0.2) is 9.78 Å². The molecule has 1 atom stereocenters. The maximum atomic E-state index is 11.9. The van der Waals surface area contributed by atoms with Crippen molar-refractivity contribution in [1.82, 2.24) is 15.3 Å². The lowest BCUT2D eigenvalue weighted by Crippen LogP contribution is -2.42. The van der Waals surface area contributed by atoms with Gasteiger partial charge in [0.15, 0.2) is 0 Å². The molecule has 0 unspecified atom stereocenters. The van der Waals surface area contributed by atoms with Gasteiger partial charge in [0.2, 0.25) is 5.91 Å². The topological polar surface area (TPSA) is 148 Å². The smallest absolute Gasteiger partial charge is 0.326 e. The minimum atomic E-state index is -1.14. The Kier molecular flexibility index (Phi) is 6.10. The molecule has 5 N–H and O–H groups in total. The number of amides is 1. The Morgan fingerprint density at radius 1 is 1.36 bits per heavy atom. The van der Waals surface area contributed by atoms with Crippen LogP contribution in [-0.2, 0) is 16.0 Å². The molecule has 2 aromatic rings. The Bertz CT molecular complexity index is 758. The lowest BCUT2D eigenvalue weighted by Gasteiger charge is -2.13. The number of phenolic OH excluding ortho intramolecular Hbond substituents is 2. The summed E-state index contributed by atoms with van der Waals surface area (Å²) in [5, 5.41) is 30.5. The maximum absolute atomic E-state index is 11.9. The van der Waals surface area contributed by atoms with Crippen molar-refractivity contribution in [3.8, 4) is 11.5 Å². The monoisotopic (exact) mass is 346 g/mol. The summed E-state index contributed by atoms with van der Waals surface area (Å²) in [7, 11) is 0. The van der Waals surface area contributed by atoms with Crippen molar-refractivity contribution in [2.45, 2.75) is 18.9 Å². The molecule has 1 aromatic heterocycles. The second-order valence-electron chi connectivity index (χ2n) is 5.27. The first-order chi connectivity index (χ1) is 12.0. The molecule has 0 saturated carbocycles. The van der Waals surface area contributed by atoms with E-state index in [0.717, 1.165) is 0 Å². The fourth-order valence-corrected chi connectivity index (χ4v) is 2.06. The van der Waals surface area contributed by atoms with Crippen molar-refractivity contribution in [3.63, 3.8) is 0 Å². The highest BCUT2D eigenvalue weighted by Gasteiger charge is 2.20. The van der Waals surface area contributed by atoms with Crippen LogP contribution >= 0.6 is 0 Å². The van der Waals surface area contributed by atoms with Crippen molar-refractivity contribution in [3.05, 3.63) is 42.0 Å². The van der Waals surface area contributed by atoms with E-state index >= 15 is 0 Å². The van der Waals surface area contributed by atoms with Crippen LogP contribution in [0, 0.1) is 0 Å². The van der Waals surface area contributed by atoms with E-state index in [9.17, 15) is 19.8 Å². The fraction of sp³-hybridized carbons (Fsp3) is 0.250. The van der Waals surface area contributed by atoms with Gasteiger partial charge in [0, 0.05) is 43.1 Å². The predicted octanol–water partition coefficient (Wildman–Crippen LogP) is 0.442. The predicted molar refractivity (Wildman–Crippen MR) is 88.7 cm³/mol. The number of carboxylic acid groups (broad SMARTS) is 1. The number of carbonyl (C=O) groups is 2. The van der Waals surface area contributed by atoms with Gasteiger partial charge in [-0.1, -0.05) is 0 Å². The van der Waals surface area contributed by atoms with Crippen LogP contribution in [0.15, 0.2) is 35.7 Å². The number of aromatic hydroxyl groups is 2. The highest BCUT2D eigenvalue weighted by Crippen LogP contribution is 2.20. The average molecular weight is 346 g/mol. The van der Waals surface area contributed by atoms with Crippen LogP contribution in [0.1, 0.15) is 17.7 Å². The van der Waals surface area contributed by atoms with Gasteiger partial charge < -0.3 is 25.6 Å². The van der Waals surface area contributed by atoms with Crippen LogP contribution in [0.5, 0.6) is 11.5 Å². The molecule has 1 amide bonds. The number of H-pyrrole nitrogens is 1. The van der Waals surface area contributed by atoms with Crippen LogP contribution in [0.2, 0.25) is 0 Å². The van der Waals surface area contributed by atoms with Crippen molar-refractivity contribution < 1.29 is 24.9 Å². The van der Waals surface area contributed by atoms with Crippen LogP contribution < -0.4 is 5.32 Å². The first-order valence-electron chi connectivity index (χ1n) is 7.47. The number of aliphatic carboxylic acids is 1. The van der Waals surface area contributed by atoms with E-state index in [1.165, 1.54) is 36.9 Å². The third kappa shape index (κ3) is 5.65. The summed E-state index contributed by atoms with van der Waals surface area (Å²) in [4.78, 5) is 33.6. The normalized spacial score (nSPS) is 12.2. The maximum Gasteiger partial charge on any atom is 0.326 e. The molecule has 0 aliphatic carbocycles. The largest absolute Gasteiger partial charge is 0.508 e. The number of aromatic nitrogens is 2. The van der Waals surface area contributed by atoms with Gasteiger partial charge in [0.05, 0.1) is 6.33 Å². The molecule has 132 valence electrons. The third-order valence-corrected chi connectivity index (χ3v) is 3.32. The van der Waals surface area contributed by atoms with Gasteiger partial charge >= 0.3 is 5.97 Å². The molecule has 25 heavy (non-hydrogen) atoms. The molecule has 0 bridgehead atoms. The summed E-state index contributed by atoms with van der Waals surface area (Å²) in [6.07, 6.45) is 4.35. The van der Waals surface area contributed by atoms with Crippen molar-refractivity contribution in [2.75, 3.05) is 6.54 Å². The molecular weight excluding hydrogens is 328 g/mol. The third-order valence-electron chi connectivity index (χ3n) is 3.32. The van der Waals surface area contributed by atoms with E-state index in [0.29, 0.717) is 11.3 Å². The van der Waals surface area contributed by atoms with E-state index in [2.05, 4.69) is 20.3 Å². The van der Waals surface area contributed by atoms with Crippen molar-refractivity contribution >= 4 is 18.1 Å². The van der Waals surface area contributed by atoms with Crippen molar-refractivity contribution in [2.24, 2.45) is 4.99 Å². The van der Waals surface area contributed by atoms with Crippen LogP contribution in [-0.4, -0.2) is 56.0 Å². The lowest BCUT2D eigenvalue weighted by molar-refractivity contribution is -0.141. The minimum absolute atomic E-state index is 0.0111. The molecule has 2 rings (SSSR count). The second-order valence-corrected chi connectivity index (χ2v) is 5.27. The summed E-state index contributed by atoms with van der Waals surface area (Å²) in [6, 6.07) is 2.94. The highest BCUT2D eigenvalue weighted by atomic mass is 16.4. The Morgan fingerprint density at radius 2 is 2.16 bits per heavy atom. The van der Waals surface area contributed by atoms with Gasteiger partial charge in [-0.2, -0.15) is 0 Å². The summed E-state index contributed by atoms with van der Waals surface area (Å²) >= 11 is 0. The molecule has 0 spiro atoms. The SMILES string of the molecule is O=C(CCN=Cc1cc(O)ccc1O)N[C@@H](Cc1cnc[nH]1)C(=O)O. The fourth-order valence-electron chi connectivity index (χ4n) is 2.06. The van der Waals surface area contributed by atoms with Gasteiger partial charge in [-0.15, -0.1) is 0 Å². The second kappa shape index (κ2) is 8.48. The Balaban J connectivity index is 1.83. The number of benzene rings is 1. The molecule has 0 aliphatic heterocycles. The molecule has 0 fully saturated rings. The van der Waals surface area contributed by atoms with E-state index in [1.807, 2.05) is 0 Å². The number of carboxylic acids is 1. The van der Waals surface area contributed by atoms with Gasteiger partial charge in [0.1, 0.15) is 17.5 Å². The van der Waals surface area contributed by atoms with E-state index < -0.39 is 17.9 Å². The van der Waals surface area contributed by atoms with Gasteiger partial charge in [-0.3, -0.25) is 9.79 Å². The highest BCUT2D eigenvalue weighted by molar-refractivity contribution is 5.85. The zero-order valence-electron chi connectivity index (χ0n) is 13.2. The first kappa shape index (κ1) is 18.0. The zero-order valence-corrected chi connectivity index (χ0v) is 13.2. The molecule has 9 heteroatoms. The molecule has 9 nitrogen and oxygen atoms in total. The van der Waals surface area contributed by atoms with Gasteiger partial charge in [-0.05, 0) is 18.2 Å². The number of carbonyl (C=O) groups excluding carboxylic acids is 1. The minimum Gasteiger partial charge on any atom is -0.508 e. The number of nitrogens with one attached hydrogen (secondary N) is 2. The Hall–Kier alpha value is -3.36. The summed E-state index contributed by atoms with van der Waals surface area (Å²) in [6.45, 7) is 0.108. The number of phenols is 2. The molecular formula is C16H18N4O5. The van der Waals surface area contributed by atoms with Crippen LogP contribution in [0.4, 0.5) is 0 Å². The summed E-state index contributed by atoms with van der Waals surface area (Å²) in [5.74, 6) is -1.66. The zero-order chi connectivity index (χ0) is 18.2. The Labute approximate surface area is 143 Å². The number of hydrogen-bond donors (Lipinski definition) is 5. The number of imidazole rings is 1. The molecule has 0 radical (unpaired) electrons. The lowest BCUT2D eigenvalue weighted by atomic mass is 10.1. The number of nitrogens with zero attached hydrogens (tertiary/aromatic N) is 2. The molecule has 0 aliphatic rings. The number of hydrogen-bond acceptors (Lipinski definition) is 6. The standard InChI is InChI=1S/C16H18N4O5/c21-12-1-2-14(22)10(5-12)7-17-4-3-15(23)20-13(16(24)25)6-11-8-18-9-19-11/h1-2,5,7-9,13,21-22H,3-4,6H2,(H,18,19)(H,20,23)(H,24,25)/t13-/m0/s1.